The molecule has 1 amide bonds. The van der Waals surface area contributed by atoms with Crippen molar-refractivity contribution in [2.24, 2.45) is 0 Å². The zero-order valence-corrected chi connectivity index (χ0v) is 14.2. The van der Waals surface area contributed by atoms with E-state index in [-0.39, 0.29) is 5.91 Å². The number of para-hydroxylation sites is 1. The molecule has 0 aliphatic rings. The summed E-state index contributed by atoms with van der Waals surface area (Å²) in [6.07, 6.45) is 3.07. The first-order chi connectivity index (χ1) is 12.1. The third kappa shape index (κ3) is 4.17. The van der Waals surface area contributed by atoms with Crippen LogP contribution >= 0.6 is 0 Å². The summed E-state index contributed by atoms with van der Waals surface area (Å²) >= 11 is 0. The minimum Gasteiger partial charge on any atom is -0.345 e. The predicted molar refractivity (Wildman–Crippen MR) is 96.6 cm³/mol. The summed E-state index contributed by atoms with van der Waals surface area (Å²) in [6, 6.07) is 13.3. The normalized spacial score (nSPS) is 10.3. The highest BCUT2D eigenvalue weighted by atomic mass is 16.1. The molecular formula is C19H19N5O. The molecule has 2 aromatic heterocycles. The van der Waals surface area contributed by atoms with Gasteiger partial charge < -0.3 is 10.6 Å². The molecule has 0 bridgehead atoms. The van der Waals surface area contributed by atoms with Crippen molar-refractivity contribution >= 4 is 17.4 Å². The van der Waals surface area contributed by atoms with Crippen LogP contribution in [0.15, 0.2) is 55.0 Å². The molecular weight excluding hydrogens is 314 g/mol. The summed E-state index contributed by atoms with van der Waals surface area (Å²) in [7, 11) is 0. The van der Waals surface area contributed by atoms with Crippen LogP contribution in [0, 0.1) is 13.8 Å². The number of carbonyl (C=O) groups is 1. The van der Waals surface area contributed by atoms with E-state index in [1.807, 2.05) is 50.2 Å². The van der Waals surface area contributed by atoms with Gasteiger partial charge in [0.1, 0.15) is 17.8 Å². The van der Waals surface area contributed by atoms with E-state index in [0.29, 0.717) is 18.1 Å². The molecule has 0 aliphatic carbocycles. The van der Waals surface area contributed by atoms with Crippen LogP contribution in [-0.4, -0.2) is 20.9 Å². The van der Waals surface area contributed by atoms with Gasteiger partial charge in [-0.25, -0.2) is 9.97 Å². The van der Waals surface area contributed by atoms with Gasteiger partial charge in [-0.3, -0.25) is 9.78 Å². The van der Waals surface area contributed by atoms with E-state index in [0.717, 1.165) is 22.5 Å². The average molecular weight is 333 g/mol. The molecule has 1 aromatic carbocycles. The quantitative estimate of drug-likeness (QED) is 0.750. The Balaban J connectivity index is 1.72. The topological polar surface area (TPSA) is 79.8 Å². The highest BCUT2D eigenvalue weighted by Crippen LogP contribution is 2.23. The smallest absolute Gasteiger partial charge is 0.270 e. The first-order valence-corrected chi connectivity index (χ1v) is 7.97. The fourth-order valence-electron chi connectivity index (χ4n) is 2.45. The van der Waals surface area contributed by atoms with Gasteiger partial charge in [-0.05, 0) is 37.1 Å². The standard InChI is InChI=1S/C19H19N5O/c1-13-6-5-7-14(2)18(13)24-17-10-16(22-12-23-17)19(25)21-11-15-8-3-4-9-20-15/h3-10,12H,11H2,1-2H3,(H,21,25)(H,22,23,24). The second-order valence-corrected chi connectivity index (χ2v) is 5.68. The first kappa shape index (κ1) is 16.6. The highest BCUT2D eigenvalue weighted by Gasteiger charge is 2.10. The number of hydrogen-bond acceptors (Lipinski definition) is 5. The van der Waals surface area contributed by atoms with E-state index in [2.05, 4.69) is 25.6 Å². The van der Waals surface area contributed by atoms with E-state index < -0.39 is 0 Å². The molecule has 0 spiro atoms. The van der Waals surface area contributed by atoms with Crippen LogP contribution in [0.5, 0.6) is 0 Å². The van der Waals surface area contributed by atoms with Crippen LogP contribution in [0.25, 0.3) is 0 Å². The van der Waals surface area contributed by atoms with Gasteiger partial charge in [0, 0.05) is 18.0 Å². The molecule has 6 nitrogen and oxygen atoms in total. The molecule has 25 heavy (non-hydrogen) atoms. The van der Waals surface area contributed by atoms with Crippen molar-refractivity contribution in [3.63, 3.8) is 0 Å². The number of carbonyl (C=O) groups excluding carboxylic acids is 1. The summed E-state index contributed by atoms with van der Waals surface area (Å²) in [5.41, 5.74) is 4.30. The molecule has 3 aromatic rings. The second kappa shape index (κ2) is 7.53. The number of hydrogen-bond donors (Lipinski definition) is 2. The summed E-state index contributed by atoms with van der Waals surface area (Å²) < 4.78 is 0. The van der Waals surface area contributed by atoms with Crippen LogP contribution in [0.2, 0.25) is 0 Å². The third-order valence-corrected chi connectivity index (χ3v) is 3.79. The van der Waals surface area contributed by atoms with Crippen molar-refractivity contribution in [1.82, 2.24) is 20.3 Å². The lowest BCUT2D eigenvalue weighted by molar-refractivity contribution is 0.0945. The van der Waals surface area contributed by atoms with E-state index in [1.54, 1.807) is 12.3 Å². The number of rotatable bonds is 5. The number of nitrogens with zero attached hydrogens (tertiary/aromatic N) is 3. The molecule has 0 saturated heterocycles. The summed E-state index contributed by atoms with van der Waals surface area (Å²) in [6.45, 7) is 4.40. The number of amides is 1. The Labute approximate surface area is 146 Å². The lowest BCUT2D eigenvalue weighted by atomic mass is 10.1. The lowest BCUT2D eigenvalue weighted by Gasteiger charge is -2.12. The largest absolute Gasteiger partial charge is 0.345 e. The van der Waals surface area contributed by atoms with Crippen LogP contribution in [-0.2, 0) is 6.54 Å². The first-order valence-electron chi connectivity index (χ1n) is 7.97. The fourth-order valence-corrected chi connectivity index (χ4v) is 2.45. The molecule has 0 saturated carbocycles. The number of anilines is 2. The van der Waals surface area contributed by atoms with Crippen molar-refractivity contribution in [1.29, 1.82) is 0 Å². The van der Waals surface area contributed by atoms with E-state index in [9.17, 15) is 4.79 Å². The summed E-state index contributed by atoms with van der Waals surface area (Å²) in [5.74, 6) is 0.313. The zero-order valence-electron chi connectivity index (χ0n) is 14.2. The van der Waals surface area contributed by atoms with Gasteiger partial charge >= 0.3 is 0 Å². The monoisotopic (exact) mass is 333 g/mol. The van der Waals surface area contributed by atoms with Gasteiger partial charge in [-0.15, -0.1) is 0 Å². The second-order valence-electron chi connectivity index (χ2n) is 5.68. The Morgan fingerprint density at radius 2 is 1.80 bits per heavy atom. The molecule has 2 N–H and O–H groups in total. The summed E-state index contributed by atoms with van der Waals surface area (Å²) in [4.78, 5) is 24.7. The minimum absolute atomic E-state index is 0.266. The fraction of sp³-hybridized carbons (Fsp3) is 0.158. The average Bonchev–Trinajstić information content (AvgIpc) is 2.64. The molecule has 3 rings (SSSR count). The van der Waals surface area contributed by atoms with Crippen molar-refractivity contribution in [3.05, 3.63) is 77.5 Å². The van der Waals surface area contributed by atoms with Gasteiger partial charge in [-0.1, -0.05) is 24.3 Å². The maximum Gasteiger partial charge on any atom is 0.270 e. The van der Waals surface area contributed by atoms with Gasteiger partial charge in [0.2, 0.25) is 0 Å². The Bertz CT molecular complexity index is 860. The molecule has 0 radical (unpaired) electrons. The lowest BCUT2D eigenvalue weighted by Crippen LogP contribution is -2.24. The molecule has 0 fully saturated rings. The number of nitrogens with one attached hydrogen (secondary N) is 2. The maximum atomic E-state index is 12.3. The van der Waals surface area contributed by atoms with E-state index in [1.165, 1.54) is 6.33 Å². The molecule has 6 heteroatoms. The third-order valence-electron chi connectivity index (χ3n) is 3.79. The van der Waals surface area contributed by atoms with Crippen LogP contribution < -0.4 is 10.6 Å². The van der Waals surface area contributed by atoms with Crippen LogP contribution in [0.4, 0.5) is 11.5 Å². The number of benzene rings is 1. The number of pyridine rings is 1. The van der Waals surface area contributed by atoms with Gasteiger partial charge in [0.05, 0.1) is 12.2 Å². The SMILES string of the molecule is Cc1cccc(C)c1Nc1cc(C(=O)NCc2ccccn2)ncn1. The Hall–Kier alpha value is -3.28. The predicted octanol–water partition coefficient (Wildman–Crippen LogP) is 3.16. The molecule has 126 valence electrons. The van der Waals surface area contributed by atoms with E-state index >= 15 is 0 Å². The van der Waals surface area contributed by atoms with E-state index in [4.69, 9.17) is 0 Å². The van der Waals surface area contributed by atoms with Gasteiger partial charge in [0.15, 0.2) is 0 Å². The maximum absolute atomic E-state index is 12.3. The minimum atomic E-state index is -0.266. The Morgan fingerprint density at radius 1 is 1.00 bits per heavy atom. The van der Waals surface area contributed by atoms with Crippen molar-refractivity contribution in [3.8, 4) is 0 Å². The van der Waals surface area contributed by atoms with Crippen molar-refractivity contribution in [2.75, 3.05) is 5.32 Å². The number of aromatic nitrogens is 3. The number of aryl methyl sites for hydroxylation is 2. The zero-order chi connectivity index (χ0) is 17.6. The summed E-state index contributed by atoms with van der Waals surface area (Å²) in [5, 5.41) is 6.08. The molecule has 2 heterocycles. The van der Waals surface area contributed by atoms with Crippen molar-refractivity contribution < 1.29 is 4.79 Å². The molecule has 0 unspecified atom stereocenters. The van der Waals surface area contributed by atoms with Gasteiger partial charge in [-0.2, -0.15) is 0 Å². The molecule has 0 aliphatic heterocycles. The highest BCUT2D eigenvalue weighted by molar-refractivity contribution is 5.92. The van der Waals surface area contributed by atoms with Crippen LogP contribution in [0.3, 0.4) is 0 Å². The van der Waals surface area contributed by atoms with Crippen LogP contribution in [0.1, 0.15) is 27.3 Å². The van der Waals surface area contributed by atoms with Crippen molar-refractivity contribution in [2.45, 2.75) is 20.4 Å². The molecule has 0 atom stereocenters. The Morgan fingerprint density at radius 3 is 2.52 bits per heavy atom. The Kier molecular flexibility index (Phi) is 4.99. The van der Waals surface area contributed by atoms with Gasteiger partial charge in [0.25, 0.3) is 5.91 Å².